The molecule has 3 heterocycles. The van der Waals surface area contributed by atoms with Crippen molar-refractivity contribution in [3.8, 4) is 0 Å². The standard InChI is InChI=1S/C24H29FN4O5S/c1-5-27(6-2)11-12-28-10-9-20-22(24(28)31)15(3)21(29(20)34-35(4,32)33)14-18-17-13-16(25)7-8-19(17)26-23(18)30/h7-8,13-14H,5-6,9-12H2,1-4H3,(H,26,30). The fourth-order valence-corrected chi connectivity index (χ4v) is 5.04. The largest absolute Gasteiger partial charge is 0.337 e. The van der Waals surface area contributed by atoms with E-state index in [2.05, 4.69) is 24.1 Å². The highest BCUT2D eigenvalue weighted by Gasteiger charge is 2.34. The number of fused-ring (bicyclic) bond motifs is 2. The Morgan fingerprint density at radius 1 is 1.23 bits per heavy atom. The number of halogens is 1. The van der Waals surface area contributed by atoms with E-state index in [1.54, 1.807) is 11.8 Å². The minimum absolute atomic E-state index is 0.154. The molecular weight excluding hydrogens is 475 g/mol. The van der Waals surface area contributed by atoms with E-state index in [1.165, 1.54) is 24.3 Å². The van der Waals surface area contributed by atoms with Gasteiger partial charge in [0.25, 0.3) is 11.8 Å². The summed E-state index contributed by atoms with van der Waals surface area (Å²) in [7, 11) is -3.95. The number of hydrogen-bond donors (Lipinski definition) is 1. The second-order valence-corrected chi connectivity index (χ2v) is 10.2. The smallest absolute Gasteiger partial charge is 0.324 e. The number of amides is 2. The van der Waals surface area contributed by atoms with Crippen molar-refractivity contribution in [2.45, 2.75) is 27.2 Å². The van der Waals surface area contributed by atoms with Gasteiger partial charge in [-0.05, 0) is 49.9 Å². The first-order chi connectivity index (χ1) is 16.5. The summed E-state index contributed by atoms with van der Waals surface area (Å²) in [5.74, 6) is -1.18. The van der Waals surface area contributed by atoms with Crippen molar-refractivity contribution in [2.24, 2.45) is 0 Å². The molecule has 2 aromatic rings. The minimum Gasteiger partial charge on any atom is -0.337 e. The highest BCUT2D eigenvalue weighted by molar-refractivity contribution is 7.86. The number of likely N-dealkylation sites (N-methyl/N-ethyl adjacent to an activating group) is 1. The Morgan fingerprint density at radius 2 is 1.94 bits per heavy atom. The third kappa shape index (κ3) is 4.83. The van der Waals surface area contributed by atoms with Crippen molar-refractivity contribution in [1.29, 1.82) is 0 Å². The van der Waals surface area contributed by atoms with Crippen LogP contribution >= 0.6 is 0 Å². The van der Waals surface area contributed by atoms with E-state index in [-0.39, 0.29) is 17.2 Å². The van der Waals surface area contributed by atoms with Crippen molar-refractivity contribution in [2.75, 3.05) is 44.3 Å². The fourth-order valence-electron chi connectivity index (χ4n) is 4.60. The number of nitrogens with one attached hydrogen (secondary N) is 1. The lowest BCUT2D eigenvalue weighted by atomic mass is 10.0. The number of carbonyl (C=O) groups is 2. The van der Waals surface area contributed by atoms with Gasteiger partial charge in [-0.3, -0.25) is 13.9 Å². The number of hydrogen-bond acceptors (Lipinski definition) is 6. The van der Waals surface area contributed by atoms with Crippen LogP contribution in [-0.4, -0.2) is 73.7 Å². The molecule has 0 spiro atoms. The maximum absolute atomic E-state index is 13.9. The van der Waals surface area contributed by atoms with Crippen LogP contribution in [0.15, 0.2) is 18.2 Å². The van der Waals surface area contributed by atoms with Gasteiger partial charge in [-0.2, -0.15) is 13.1 Å². The number of benzene rings is 1. The van der Waals surface area contributed by atoms with E-state index in [0.29, 0.717) is 47.6 Å². The molecule has 0 fully saturated rings. The summed E-state index contributed by atoms with van der Waals surface area (Å²) in [5.41, 5.74) is 2.50. The molecule has 9 nitrogen and oxygen atoms in total. The first kappa shape index (κ1) is 24.9. The highest BCUT2D eigenvalue weighted by Crippen LogP contribution is 2.36. The number of aromatic nitrogens is 1. The van der Waals surface area contributed by atoms with Gasteiger partial charge < -0.3 is 15.1 Å². The number of carbonyl (C=O) groups excluding carboxylic acids is 2. The molecule has 2 aliphatic heterocycles. The van der Waals surface area contributed by atoms with E-state index in [0.717, 1.165) is 30.6 Å². The van der Waals surface area contributed by atoms with Gasteiger partial charge in [-0.15, -0.1) is 0 Å². The topological polar surface area (TPSA) is 101 Å². The van der Waals surface area contributed by atoms with E-state index in [4.69, 9.17) is 4.28 Å². The molecule has 1 aromatic carbocycles. The summed E-state index contributed by atoms with van der Waals surface area (Å²) >= 11 is 0. The fraction of sp³-hybridized carbons (Fsp3) is 0.417. The second kappa shape index (κ2) is 9.46. The molecule has 2 aliphatic rings. The Bertz CT molecular complexity index is 1330. The Balaban J connectivity index is 1.80. The summed E-state index contributed by atoms with van der Waals surface area (Å²) < 4.78 is 44.5. The van der Waals surface area contributed by atoms with Crippen LogP contribution in [0.1, 0.15) is 46.7 Å². The maximum atomic E-state index is 13.9. The summed E-state index contributed by atoms with van der Waals surface area (Å²) in [6, 6.07) is 3.94. The van der Waals surface area contributed by atoms with E-state index in [1.807, 2.05) is 0 Å². The van der Waals surface area contributed by atoms with Crippen molar-refractivity contribution in [1.82, 2.24) is 14.5 Å². The van der Waals surface area contributed by atoms with E-state index >= 15 is 0 Å². The van der Waals surface area contributed by atoms with Crippen LogP contribution in [0.5, 0.6) is 0 Å². The van der Waals surface area contributed by atoms with Gasteiger partial charge in [0.1, 0.15) is 5.82 Å². The lowest BCUT2D eigenvalue weighted by Crippen LogP contribution is -2.43. The first-order valence-corrected chi connectivity index (χ1v) is 13.3. The van der Waals surface area contributed by atoms with Crippen LogP contribution in [0.3, 0.4) is 0 Å². The molecule has 4 rings (SSSR count). The predicted molar refractivity (Wildman–Crippen MR) is 131 cm³/mol. The highest BCUT2D eigenvalue weighted by atomic mass is 32.2. The number of rotatable bonds is 8. The van der Waals surface area contributed by atoms with E-state index < -0.39 is 21.8 Å². The van der Waals surface area contributed by atoms with Gasteiger partial charge >= 0.3 is 10.1 Å². The van der Waals surface area contributed by atoms with Gasteiger partial charge in [0, 0.05) is 37.3 Å². The lowest BCUT2D eigenvalue weighted by Gasteiger charge is -2.30. The zero-order chi connectivity index (χ0) is 25.5. The third-order valence-corrected chi connectivity index (χ3v) is 6.89. The Kier molecular flexibility index (Phi) is 6.74. The molecule has 0 atom stereocenters. The quantitative estimate of drug-likeness (QED) is 0.553. The van der Waals surface area contributed by atoms with Crippen molar-refractivity contribution in [3.63, 3.8) is 0 Å². The molecule has 1 N–H and O–H groups in total. The Morgan fingerprint density at radius 3 is 2.60 bits per heavy atom. The van der Waals surface area contributed by atoms with Crippen LogP contribution in [0.2, 0.25) is 0 Å². The first-order valence-electron chi connectivity index (χ1n) is 11.5. The molecule has 1 aromatic heterocycles. The van der Waals surface area contributed by atoms with Crippen molar-refractivity contribution >= 4 is 39.3 Å². The van der Waals surface area contributed by atoms with Crippen LogP contribution in [-0.2, 0) is 21.3 Å². The number of anilines is 1. The molecule has 0 unspecified atom stereocenters. The molecule has 11 heteroatoms. The van der Waals surface area contributed by atoms with Crippen LogP contribution in [0, 0.1) is 12.7 Å². The van der Waals surface area contributed by atoms with Gasteiger partial charge in [0.05, 0.1) is 28.8 Å². The summed E-state index contributed by atoms with van der Waals surface area (Å²) in [5, 5.41) is 2.68. The monoisotopic (exact) mass is 504 g/mol. The van der Waals surface area contributed by atoms with Crippen LogP contribution in [0.25, 0.3) is 11.6 Å². The molecule has 0 bridgehead atoms. The molecule has 2 amide bonds. The zero-order valence-corrected chi connectivity index (χ0v) is 21.0. The van der Waals surface area contributed by atoms with Crippen molar-refractivity contribution in [3.05, 3.63) is 52.1 Å². The molecule has 0 aliphatic carbocycles. The molecule has 188 valence electrons. The predicted octanol–water partition coefficient (Wildman–Crippen LogP) is 2.16. The van der Waals surface area contributed by atoms with Gasteiger partial charge in [0.15, 0.2) is 0 Å². The second-order valence-electron chi connectivity index (χ2n) is 8.68. The lowest BCUT2D eigenvalue weighted by molar-refractivity contribution is -0.110. The maximum Gasteiger partial charge on any atom is 0.324 e. The average molecular weight is 505 g/mol. The minimum atomic E-state index is -3.95. The molecular formula is C24H29FN4O5S. The Labute approximate surface area is 204 Å². The average Bonchev–Trinajstić information content (AvgIpc) is 3.23. The Hall–Kier alpha value is -3.18. The SMILES string of the molecule is CCN(CC)CCN1CCc2c(c(C)c(C=C3C(=O)Nc4ccc(F)cc43)n2OS(C)(=O)=O)C1=O. The van der Waals surface area contributed by atoms with Gasteiger partial charge in [-0.1, -0.05) is 13.8 Å². The van der Waals surface area contributed by atoms with Crippen LogP contribution < -0.4 is 9.60 Å². The molecule has 0 radical (unpaired) electrons. The summed E-state index contributed by atoms with van der Waals surface area (Å²) in [6.45, 7) is 9.26. The van der Waals surface area contributed by atoms with Crippen molar-refractivity contribution < 1.29 is 26.7 Å². The van der Waals surface area contributed by atoms with Crippen LogP contribution in [0.4, 0.5) is 10.1 Å². The molecule has 0 saturated carbocycles. The van der Waals surface area contributed by atoms with Gasteiger partial charge in [0.2, 0.25) is 0 Å². The normalized spacial score (nSPS) is 16.6. The third-order valence-electron chi connectivity index (χ3n) is 6.47. The van der Waals surface area contributed by atoms with E-state index in [9.17, 15) is 22.4 Å². The summed E-state index contributed by atoms with van der Waals surface area (Å²) in [6.07, 6.45) is 2.75. The van der Waals surface area contributed by atoms with Gasteiger partial charge in [-0.25, -0.2) is 4.39 Å². The number of nitrogens with zero attached hydrogens (tertiary/aromatic N) is 3. The molecule has 35 heavy (non-hydrogen) atoms. The summed E-state index contributed by atoms with van der Waals surface area (Å²) in [4.78, 5) is 30.1. The zero-order valence-electron chi connectivity index (χ0n) is 20.2. The molecule has 0 saturated heterocycles.